The fraction of sp³-hybridized carbons (Fsp3) is 0.267. The van der Waals surface area contributed by atoms with Gasteiger partial charge in [0.25, 0.3) is 0 Å². The standard InChI is InChI=1S/C15H16N4O/c1-3-13-5-4-6-14-8-12(18-19(13)14)9-20-15-7-11(2)16-10-17-15/h4-8,10H,3,9H2,1-2H3. The van der Waals surface area contributed by atoms with Crippen LogP contribution in [0.5, 0.6) is 5.88 Å². The zero-order chi connectivity index (χ0) is 13.9. The van der Waals surface area contributed by atoms with Crippen molar-refractivity contribution in [3.05, 3.63) is 53.7 Å². The fourth-order valence-corrected chi connectivity index (χ4v) is 2.12. The fourth-order valence-electron chi connectivity index (χ4n) is 2.12. The molecule has 5 heteroatoms. The zero-order valence-corrected chi connectivity index (χ0v) is 11.6. The summed E-state index contributed by atoms with van der Waals surface area (Å²) in [5.41, 5.74) is 4.05. The molecule has 0 saturated heterocycles. The van der Waals surface area contributed by atoms with Crippen LogP contribution in [-0.4, -0.2) is 19.6 Å². The van der Waals surface area contributed by atoms with Crippen LogP contribution in [-0.2, 0) is 13.0 Å². The summed E-state index contributed by atoms with van der Waals surface area (Å²) in [4.78, 5) is 8.12. The van der Waals surface area contributed by atoms with Crippen molar-refractivity contribution < 1.29 is 4.74 Å². The number of aromatic nitrogens is 4. The number of nitrogens with zero attached hydrogens (tertiary/aromatic N) is 4. The van der Waals surface area contributed by atoms with Crippen LogP contribution in [0.15, 0.2) is 36.7 Å². The minimum atomic E-state index is 0.404. The van der Waals surface area contributed by atoms with Gasteiger partial charge in [0.2, 0.25) is 5.88 Å². The highest BCUT2D eigenvalue weighted by Gasteiger charge is 2.05. The first-order valence-corrected chi connectivity index (χ1v) is 6.64. The number of rotatable bonds is 4. The molecular weight excluding hydrogens is 252 g/mol. The molecule has 0 saturated carbocycles. The first-order valence-electron chi connectivity index (χ1n) is 6.64. The summed E-state index contributed by atoms with van der Waals surface area (Å²) in [6.07, 6.45) is 2.45. The molecule has 0 N–H and O–H groups in total. The summed E-state index contributed by atoms with van der Waals surface area (Å²) < 4.78 is 7.61. The molecule has 5 nitrogen and oxygen atoms in total. The molecule has 0 aliphatic heterocycles. The summed E-state index contributed by atoms with van der Waals surface area (Å²) in [7, 11) is 0. The zero-order valence-electron chi connectivity index (χ0n) is 11.6. The molecule has 3 rings (SSSR count). The van der Waals surface area contributed by atoms with Crippen LogP contribution in [0.25, 0.3) is 5.52 Å². The third-order valence-electron chi connectivity index (χ3n) is 3.12. The van der Waals surface area contributed by atoms with E-state index in [2.05, 4.69) is 28.1 Å². The molecule has 0 fully saturated rings. The lowest BCUT2D eigenvalue weighted by molar-refractivity contribution is 0.287. The Morgan fingerprint density at radius 3 is 2.90 bits per heavy atom. The predicted molar refractivity (Wildman–Crippen MR) is 75.7 cm³/mol. The smallest absolute Gasteiger partial charge is 0.216 e. The van der Waals surface area contributed by atoms with Crippen LogP contribution in [0.2, 0.25) is 0 Å². The van der Waals surface area contributed by atoms with E-state index in [-0.39, 0.29) is 0 Å². The lowest BCUT2D eigenvalue weighted by Crippen LogP contribution is -2.01. The van der Waals surface area contributed by atoms with E-state index in [0.29, 0.717) is 12.5 Å². The van der Waals surface area contributed by atoms with Gasteiger partial charge >= 0.3 is 0 Å². The third-order valence-corrected chi connectivity index (χ3v) is 3.12. The van der Waals surface area contributed by atoms with Gasteiger partial charge in [-0.1, -0.05) is 13.0 Å². The molecule has 0 unspecified atom stereocenters. The van der Waals surface area contributed by atoms with Crippen molar-refractivity contribution in [3.63, 3.8) is 0 Å². The maximum absolute atomic E-state index is 5.65. The van der Waals surface area contributed by atoms with E-state index in [4.69, 9.17) is 4.74 Å². The Balaban J connectivity index is 1.81. The summed E-state index contributed by atoms with van der Waals surface area (Å²) >= 11 is 0. The third kappa shape index (κ3) is 2.47. The van der Waals surface area contributed by atoms with Crippen molar-refractivity contribution in [2.75, 3.05) is 0 Å². The molecule has 0 aromatic carbocycles. The molecule has 0 bridgehead atoms. The molecule has 0 amide bonds. The second-order valence-electron chi connectivity index (χ2n) is 4.63. The summed E-state index contributed by atoms with van der Waals surface area (Å²) in [5, 5.41) is 4.57. The van der Waals surface area contributed by atoms with E-state index < -0.39 is 0 Å². The first-order chi connectivity index (χ1) is 9.76. The number of pyridine rings is 1. The number of ether oxygens (including phenoxy) is 1. The van der Waals surface area contributed by atoms with Gasteiger partial charge in [0.15, 0.2) is 0 Å². The van der Waals surface area contributed by atoms with Crippen LogP contribution >= 0.6 is 0 Å². The Hall–Kier alpha value is -2.43. The summed E-state index contributed by atoms with van der Waals surface area (Å²) in [5.74, 6) is 0.574. The quantitative estimate of drug-likeness (QED) is 0.729. The van der Waals surface area contributed by atoms with Crippen molar-refractivity contribution in [2.45, 2.75) is 26.9 Å². The van der Waals surface area contributed by atoms with E-state index >= 15 is 0 Å². The molecule has 3 aromatic rings. The Morgan fingerprint density at radius 1 is 1.20 bits per heavy atom. The minimum Gasteiger partial charge on any atom is -0.471 e. The van der Waals surface area contributed by atoms with Crippen molar-refractivity contribution in [1.82, 2.24) is 19.6 Å². The van der Waals surface area contributed by atoms with Crippen LogP contribution in [0.4, 0.5) is 0 Å². The minimum absolute atomic E-state index is 0.404. The van der Waals surface area contributed by atoms with E-state index in [1.807, 2.05) is 35.7 Å². The Morgan fingerprint density at radius 2 is 2.10 bits per heavy atom. The van der Waals surface area contributed by atoms with Gasteiger partial charge in [0, 0.05) is 17.5 Å². The molecule has 20 heavy (non-hydrogen) atoms. The molecule has 3 aromatic heterocycles. The summed E-state index contributed by atoms with van der Waals surface area (Å²) in [6.45, 7) is 4.44. The van der Waals surface area contributed by atoms with Gasteiger partial charge in [-0.2, -0.15) is 5.10 Å². The molecule has 3 heterocycles. The highest BCUT2D eigenvalue weighted by Crippen LogP contribution is 2.13. The molecule has 102 valence electrons. The van der Waals surface area contributed by atoms with Gasteiger partial charge in [-0.05, 0) is 31.5 Å². The molecule has 0 aliphatic carbocycles. The number of fused-ring (bicyclic) bond motifs is 1. The highest BCUT2D eigenvalue weighted by molar-refractivity contribution is 5.48. The molecule has 0 radical (unpaired) electrons. The second kappa shape index (κ2) is 5.28. The van der Waals surface area contributed by atoms with Gasteiger partial charge in [-0.25, -0.2) is 14.5 Å². The Bertz CT molecular complexity index is 736. The largest absolute Gasteiger partial charge is 0.471 e. The van der Waals surface area contributed by atoms with Gasteiger partial charge in [-0.3, -0.25) is 0 Å². The normalized spacial score (nSPS) is 10.9. The van der Waals surface area contributed by atoms with Crippen molar-refractivity contribution >= 4 is 5.52 Å². The van der Waals surface area contributed by atoms with E-state index in [9.17, 15) is 0 Å². The first kappa shape index (κ1) is 12.6. The Kier molecular flexibility index (Phi) is 3.33. The number of hydrogen-bond acceptors (Lipinski definition) is 4. The molecule has 0 spiro atoms. The molecular formula is C15H16N4O. The van der Waals surface area contributed by atoms with Crippen molar-refractivity contribution in [2.24, 2.45) is 0 Å². The van der Waals surface area contributed by atoms with Crippen LogP contribution in [0.3, 0.4) is 0 Å². The maximum atomic E-state index is 5.65. The van der Waals surface area contributed by atoms with Crippen molar-refractivity contribution in [3.8, 4) is 5.88 Å². The average molecular weight is 268 g/mol. The van der Waals surface area contributed by atoms with Crippen molar-refractivity contribution in [1.29, 1.82) is 0 Å². The van der Waals surface area contributed by atoms with E-state index in [1.165, 1.54) is 12.0 Å². The average Bonchev–Trinajstić information content (AvgIpc) is 2.88. The maximum Gasteiger partial charge on any atom is 0.216 e. The van der Waals surface area contributed by atoms with E-state index in [0.717, 1.165) is 23.3 Å². The Labute approximate surface area is 117 Å². The topological polar surface area (TPSA) is 52.3 Å². The number of hydrogen-bond donors (Lipinski definition) is 0. The van der Waals surface area contributed by atoms with Crippen LogP contribution in [0.1, 0.15) is 24.0 Å². The van der Waals surface area contributed by atoms with Gasteiger partial charge < -0.3 is 4.74 Å². The van der Waals surface area contributed by atoms with Gasteiger partial charge in [0.05, 0.1) is 5.52 Å². The van der Waals surface area contributed by atoms with E-state index in [1.54, 1.807) is 0 Å². The highest BCUT2D eigenvalue weighted by atomic mass is 16.5. The molecule has 0 atom stereocenters. The van der Waals surface area contributed by atoms with Gasteiger partial charge in [0.1, 0.15) is 18.6 Å². The van der Waals surface area contributed by atoms with Crippen LogP contribution in [0, 0.1) is 6.92 Å². The monoisotopic (exact) mass is 268 g/mol. The lowest BCUT2D eigenvalue weighted by Gasteiger charge is -2.03. The lowest BCUT2D eigenvalue weighted by atomic mass is 10.3. The SMILES string of the molecule is CCc1cccc2cc(COc3cc(C)ncn3)nn12. The van der Waals surface area contributed by atoms with Crippen LogP contribution < -0.4 is 4.74 Å². The molecule has 0 aliphatic rings. The predicted octanol–water partition coefficient (Wildman–Crippen LogP) is 2.57. The summed E-state index contributed by atoms with van der Waals surface area (Å²) in [6, 6.07) is 10.0. The second-order valence-corrected chi connectivity index (χ2v) is 4.63. The van der Waals surface area contributed by atoms with Gasteiger partial charge in [-0.15, -0.1) is 0 Å². The number of aryl methyl sites for hydroxylation is 2.